The molecule has 27 heavy (non-hydrogen) atoms. The van der Waals surface area contributed by atoms with Crippen molar-refractivity contribution in [3.63, 3.8) is 0 Å². The summed E-state index contributed by atoms with van der Waals surface area (Å²) in [5.74, 6) is 0.902. The quantitative estimate of drug-likeness (QED) is 0.742. The number of aromatic amines is 1. The highest BCUT2D eigenvalue weighted by Gasteiger charge is 2.29. The van der Waals surface area contributed by atoms with Gasteiger partial charge in [0.1, 0.15) is 11.3 Å². The van der Waals surface area contributed by atoms with Crippen molar-refractivity contribution in [1.82, 2.24) is 25.1 Å². The van der Waals surface area contributed by atoms with E-state index in [0.717, 1.165) is 68.8 Å². The largest absolute Gasteiger partial charge is 0.355 e. The Morgan fingerprint density at radius 2 is 2.07 bits per heavy atom. The van der Waals surface area contributed by atoms with Gasteiger partial charge in [-0.1, -0.05) is 6.92 Å². The predicted molar refractivity (Wildman–Crippen MR) is 106 cm³/mol. The van der Waals surface area contributed by atoms with Gasteiger partial charge in [-0.2, -0.15) is 5.10 Å². The highest BCUT2D eigenvalue weighted by Crippen LogP contribution is 2.34. The second-order valence-corrected chi connectivity index (χ2v) is 8.14. The van der Waals surface area contributed by atoms with Crippen LogP contribution in [0, 0.1) is 5.41 Å². The van der Waals surface area contributed by atoms with Crippen LogP contribution in [0.5, 0.6) is 0 Å². The Hall–Kier alpha value is -2.54. The molecule has 1 saturated heterocycles. The first-order chi connectivity index (χ1) is 13.2. The number of anilines is 1. The molecule has 7 nitrogen and oxygen atoms in total. The van der Waals surface area contributed by atoms with Crippen LogP contribution in [-0.2, 0) is 12.8 Å². The summed E-state index contributed by atoms with van der Waals surface area (Å²) in [6, 6.07) is 2.06. The third-order valence-electron chi connectivity index (χ3n) is 6.29. The van der Waals surface area contributed by atoms with E-state index in [2.05, 4.69) is 33.1 Å². The zero-order valence-electron chi connectivity index (χ0n) is 15.7. The molecule has 1 aliphatic carbocycles. The van der Waals surface area contributed by atoms with Gasteiger partial charge in [-0.3, -0.25) is 10.1 Å². The summed E-state index contributed by atoms with van der Waals surface area (Å²) < 4.78 is 0. The van der Waals surface area contributed by atoms with Gasteiger partial charge in [-0.25, -0.2) is 9.97 Å². The van der Waals surface area contributed by atoms with Crippen molar-refractivity contribution in [3.8, 4) is 11.3 Å². The summed E-state index contributed by atoms with van der Waals surface area (Å²) in [5.41, 5.74) is 12.3. The summed E-state index contributed by atoms with van der Waals surface area (Å²) in [4.78, 5) is 16.3. The highest BCUT2D eigenvalue weighted by molar-refractivity contribution is 5.89. The molecule has 0 radical (unpaired) electrons. The third kappa shape index (κ3) is 2.77. The van der Waals surface area contributed by atoms with Crippen LogP contribution in [0.25, 0.3) is 22.4 Å². The first-order valence-electron chi connectivity index (χ1n) is 9.80. The van der Waals surface area contributed by atoms with E-state index < -0.39 is 0 Å². The summed E-state index contributed by atoms with van der Waals surface area (Å²) in [6.07, 6.45) is 9.22. The number of nitrogens with two attached hydrogens (primary N) is 1. The van der Waals surface area contributed by atoms with E-state index in [4.69, 9.17) is 15.7 Å². The molecule has 3 N–H and O–H groups in total. The van der Waals surface area contributed by atoms with E-state index in [1.807, 2.05) is 12.4 Å². The standard InChI is InChI=1S/C20H25N7/c1-20(12-21)6-9-27(10-7-20)16-11-23-18-17(25-26-19(18)24-16)14-5-8-22-15-4-2-3-13(14)15/h5,8,11H,2-4,6-7,9-10,12,21H2,1H3,(H,24,25,26). The van der Waals surface area contributed by atoms with Crippen LogP contribution in [0.4, 0.5) is 5.82 Å². The lowest BCUT2D eigenvalue weighted by Gasteiger charge is -2.39. The molecular formula is C20H25N7. The monoisotopic (exact) mass is 363 g/mol. The molecule has 0 aromatic carbocycles. The van der Waals surface area contributed by atoms with Crippen molar-refractivity contribution in [2.45, 2.75) is 39.0 Å². The molecule has 1 aliphatic heterocycles. The van der Waals surface area contributed by atoms with E-state index in [1.54, 1.807) is 0 Å². The Labute approximate surface area is 158 Å². The number of piperidine rings is 1. The zero-order valence-corrected chi connectivity index (χ0v) is 15.7. The number of aromatic nitrogens is 5. The fourth-order valence-electron chi connectivity index (χ4n) is 4.30. The molecular weight excluding hydrogens is 338 g/mol. The maximum atomic E-state index is 5.93. The number of pyridine rings is 1. The van der Waals surface area contributed by atoms with Crippen molar-refractivity contribution in [1.29, 1.82) is 0 Å². The third-order valence-corrected chi connectivity index (χ3v) is 6.29. The zero-order chi connectivity index (χ0) is 18.4. The van der Waals surface area contributed by atoms with Gasteiger partial charge in [0, 0.05) is 30.5 Å². The van der Waals surface area contributed by atoms with Crippen LogP contribution in [0.1, 0.15) is 37.4 Å². The molecule has 0 atom stereocenters. The Balaban J connectivity index is 1.47. The van der Waals surface area contributed by atoms with Crippen LogP contribution in [0.2, 0.25) is 0 Å². The van der Waals surface area contributed by atoms with E-state index >= 15 is 0 Å². The average molecular weight is 363 g/mol. The minimum absolute atomic E-state index is 0.245. The van der Waals surface area contributed by atoms with E-state index in [9.17, 15) is 0 Å². The molecule has 0 bridgehead atoms. The Morgan fingerprint density at radius 3 is 2.89 bits per heavy atom. The molecule has 140 valence electrons. The topological polar surface area (TPSA) is 96.6 Å². The van der Waals surface area contributed by atoms with Crippen LogP contribution in [0.3, 0.4) is 0 Å². The maximum absolute atomic E-state index is 5.93. The van der Waals surface area contributed by atoms with E-state index in [0.29, 0.717) is 5.65 Å². The summed E-state index contributed by atoms with van der Waals surface area (Å²) >= 11 is 0. The first kappa shape index (κ1) is 16.6. The molecule has 5 rings (SSSR count). The molecule has 0 saturated carbocycles. The second kappa shape index (κ2) is 6.27. The number of aryl methyl sites for hydroxylation is 1. The molecule has 3 aromatic rings. The fourth-order valence-corrected chi connectivity index (χ4v) is 4.30. The Bertz CT molecular complexity index is 985. The van der Waals surface area contributed by atoms with E-state index in [1.165, 1.54) is 16.8 Å². The van der Waals surface area contributed by atoms with Gasteiger partial charge in [0.25, 0.3) is 0 Å². The summed E-state index contributed by atoms with van der Waals surface area (Å²) in [7, 11) is 0. The number of hydrogen-bond donors (Lipinski definition) is 2. The Kier molecular flexibility index (Phi) is 3.86. The number of fused-ring (bicyclic) bond motifs is 2. The molecule has 1 fully saturated rings. The van der Waals surface area contributed by atoms with Gasteiger partial charge in [-0.15, -0.1) is 0 Å². The molecule has 0 amide bonds. The summed E-state index contributed by atoms with van der Waals surface area (Å²) in [6.45, 7) is 4.93. The van der Waals surface area contributed by atoms with Crippen molar-refractivity contribution >= 4 is 17.0 Å². The normalized spacial score (nSPS) is 18.8. The smallest absolute Gasteiger partial charge is 0.202 e. The molecule has 0 spiro atoms. The van der Waals surface area contributed by atoms with Gasteiger partial charge in [0.15, 0.2) is 0 Å². The van der Waals surface area contributed by atoms with Crippen LogP contribution >= 0.6 is 0 Å². The molecule has 2 aliphatic rings. The number of rotatable bonds is 3. The molecule has 7 heteroatoms. The van der Waals surface area contributed by atoms with Crippen molar-refractivity contribution in [2.24, 2.45) is 11.1 Å². The maximum Gasteiger partial charge on any atom is 0.202 e. The minimum Gasteiger partial charge on any atom is -0.355 e. The van der Waals surface area contributed by atoms with Gasteiger partial charge in [0.2, 0.25) is 5.65 Å². The lowest BCUT2D eigenvalue weighted by Crippen LogP contribution is -2.42. The van der Waals surface area contributed by atoms with Crippen LogP contribution < -0.4 is 10.6 Å². The Morgan fingerprint density at radius 1 is 1.22 bits per heavy atom. The summed E-state index contributed by atoms with van der Waals surface area (Å²) in [5, 5.41) is 7.63. The lowest BCUT2D eigenvalue weighted by molar-refractivity contribution is 0.258. The predicted octanol–water partition coefficient (Wildman–Crippen LogP) is 2.47. The van der Waals surface area contributed by atoms with E-state index in [-0.39, 0.29) is 5.41 Å². The molecule has 0 unspecified atom stereocenters. The number of nitrogens with zero attached hydrogens (tertiary/aromatic N) is 5. The minimum atomic E-state index is 0.245. The van der Waals surface area contributed by atoms with Crippen LogP contribution in [0.15, 0.2) is 18.5 Å². The molecule has 3 aromatic heterocycles. The first-order valence-corrected chi connectivity index (χ1v) is 9.80. The van der Waals surface area contributed by atoms with Gasteiger partial charge >= 0.3 is 0 Å². The number of nitrogens with one attached hydrogen (secondary N) is 1. The van der Waals surface area contributed by atoms with Gasteiger partial charge < -0.3 is 10.6 Å². The second-order valence-electron chi connectivity index (χ2n) is 8.14. The van der Waals surface area contributed by atoms with Crippen molar-refractivity contribution in [2.75, 3.05) is 24.5 Å². The lowest BCUT2D eigenvalue weighted by atomic mass is 9.80. The average Bonchev–Trinajstić information content (AvgIpc) is 3.35. The highest BCUT2D eigenvalue weighted by atomic mass is 15.2. The number of H-pyrrole nitrogens is 1. The van der Waals surface area contributed by atoms with Crippen molar-refractivity contribution in [3.05, 3.63) is 29.7 Å². The van der Waals surface area contributed by atoms with Gasteiger partial charge in [0.05, 0.1) is 11.9 Å². The van der Waals surface area contributed by atoms with Crippen LogP contribution in [-0.4, -0.2) is 44.8 Å². The SMILES string of the molecule is CC1(CN)CCN(c2cnc3c(-c4ccnc5c4CCC5)[nH]nc3n2)CC1. The fraction of sp³-hybridized carbons (Fsp3) is 0.500. The number of hydrogen-bond acceptors (Lipinski definition) is 6. The van der Waals surface area contributed by atoms with Gasteiger partial charge in [-0.05, 0) is 55.7 Å². The van der Waals surface area contributed by atoms with Crippen molar-refractivity contribution < 1.29 is 0 Å². The molecule has 4 heterocycles.